The molecule has 0 unspecified atom stereocenters. The number of amides is 2. The Labute approximate surface area is 174 Å². The van der Waals surface area contributed by atoms with Crippen LogP contribution in [0, 0.1) is 5.82 Å². The monoisotopic (exact) mass is 416 g/mol. The molecule has 2 rings (SSSR count). The van der Waals surface area contributed by atoms with Crippen LogP contribution in [0.2, 0.25) is 0 Å². The molecular formula is C22H25FN2O3S. The number of nitrogens with one attached hydrogen (secondary N) is 2. The van der Waals surface area contributed by atoms with Gasteiger partial charge in [0, 0.05) is 23.4 Å². The number of hydrogen-bond donors (Lipinski definition) is 3. The predicted octanol–water partition coefficient (Wildman–Crippen LogP) is 4.27. The van der Waals surface area contributed by atoms with Crippen LogP contribution in [0.5, 0.6) is 0 Å². The molecule has 0 aromatic heterocycles. The lowest BCUT2D eigenvalue weighted by Crippen LogP contribution is -2.25. The Balaban J connectivity index is 2.04. The molecule has 154 valence electrons. The van der Waals surface area contributed by atoms with Gasteiger partial charge in [-0.25, -0.2) is 9.87 Å². The first-order chi connectivity index (χ1) is 14.0. The highest BCUT2D eigenvalue weighted by atomic mass is 32.2. The maximum absolute atomic E-state index is 13.3. The highest BCUT2D eigenvalue weighted by Crippen LogP contribution is 2.21. The largest absolute Gasteiger partial charge is 0.352 e. The van der Waals surface area contributed by atoms with Crippen molar-refractivity contribution in [1.29, 1.82) is 0 Å². The molecule has 2 aromatic rings. The number of thioether (sulfide) groups is 1. The summed E-state index contributed by atoms with van der Waals surface area (Å²) in [4.78, 5) is 24.9. The lowest BCUT2D eigenvalue weighted by Gasteiger charge is -2.10. The van der Waals surface area contributed by atoms with Gasteiger partial charge in [-0.2, -0.15) is 0 Å². The van der Waals surface area contributed by atoms with E-state index in [0.29, 0.717) is 30.5 Å². The Morgan fingerprint density at radius 1 is 1.03 bits per heavy atom. The number of halogens is 1. The molecule has 0 spiro atoms. The molecule has 0 saturated heterocycles. The van der Waals surface area contributed by atoms with Crippen LogP contribution in [0.4, 0.5) is 4.39 Å². The van der Waals surface area contributed by atoms with E-state index in [0.717, 1.165) is 16.9 Å². The molecule has 0 aliphatic rings. The van der Waals surface area contributed by atoms with Gasteiger partial charge in [0.25, 0.3) is 5.91 Å². The van der Waals surface area contributed by atoms with E-state index < -0.39 is 5.91 Å². The molecule has 0 bridgehead atoms. The van der Waals surface area contributed by atoms with Crippen LogP contribution in [-0.4, -0.2) is 29.8 Å². The summed E-state index contributed by atoms with van der Waals surface area (Å²) in [5.41, 5.74) is 3.58. The average molecular weight is 417 g/mol. The quantitative estimate of drug-likeness (QED) is 0.135. The van der Waals surface area contributed by atoms with Crippen LogP contribution in [0.15, 0.2) is 53.4 Å². The van der Waals surface area contributed by atoms with Crippen molar-refractivity contribution in [1.82, 2.24) is 10.8 Å². The third-order valence-corrected chi connectivity index (χ3v) is 5.06. The first-order valence-corrected chi connectivity index (χ1v) is 10.6. The topological polar surface area (TPSA) is 78.4 Å². The Morgan fingerprint density at radius 2 is 1.72 bits per heavy atom. The summed E-state index contributed by atoms with van der Waals surface area (Å²) in [7, 11) is 0. The van der Waals surface area contributed by atoms with Crippen LogP contribution in [0.25, 0.3) is 11.6 Å². The van der Waals surface area contributed by atoms with Crippen LogP contribution in [-0.2, 0) is 9.59 Å². The molecular weight excluding hydrogens is 391 g/mol. The zero-order valence-electron chi connectivity index (χ0n) is 16.3. The summed E-state index contributed by atoms with van der Waals surface area (Å²) in [5.74, 6) is -1.01. The number of benzene rings is 2. The second-order valence-corrected chi connectivity index (χ2v) is 7.32. The normalized spacial score (nSPS) is 11.2. The summed E-state index contributed by atoms with van der Waals surface area (Å²) in [6.07, 6.45) is 6.13. The lowest BCUT2D eigenvalue weighted by atomic mass is 10.0. The van der Waals surface area contributed by atoms with Gasteiger partial charge >= 0.3 is 0 Å². The molecule has 7 heteroatoms. The van der Waals surface area contributed by atoms with Gasteiger partial charge in [-0.15, -0.1) is 11.8 Å². The second kappa shape index (κ2) is 12.0. The molecule has 0 atom stereocenters. The van der Waals surface area contributed by atoms with E-state index in [4.69, 9.17) is 5.21 Å². The molecule has 0 saturated carbocycles. The van der Waals surface area contributed by atoms with Crippen molar-refractivity contribution in [3.63, 3.8) is 0 Å². The van der Waals surface area contributed by atoms with Crippen LogP contribution in [0.1, 0.15) is 36.8 Å². The fourth-order valence-electron chi connectivity index (χ4n) is 2.72. The van der Waals surface area contributed by atoms with E-state index in [-0.39, 0.29) is 18.1 Å². The molecule has 0 fully saturated rings. The van der Waals surface area contributed by atoms with E-state index in [1.165, 1.54) is 12.1 Å². The van der Waals surface area contributed by atoms with Gasteiger partial charge in [-0.3, -0.25) is 14.8 Å². The molecule has 2 amide bonds. The molecule has 0 aliphatic carbocycles. The Kier molecular flexibility index (Phi) is 9.40. The Morgan fingerprint density at radius 3 is 2.34 bits per heavy atom. The first kappa shape index (κ1) is 22.6. The minimum atomic E-state index is -0.414. The maximum atomic E-state index is 13.3. The number of carbonyl (C=O) groups excluding carboxylic acids is 2. The van der Waals surface area contributed by atoms with Gasteiger partial charge in [-0.05, 0) is 60.6 Å². The highest BCUT2D eigenvalue weighted by Gasteiger charge is 2.12. The van der Waals surface area contributed by atoms with Crippen molar-refractivity contribution in [2.45, 2.75) is 30.6 Å². The smallest absolute Gasteiger partial charge is 0.251 e. The second-order valence-electron chi connectivity index (χ2n) is 6.44. The summed E-state index contributed by atoms with van der Waals surface area (Å²) in [6.45, 7) is 0.462. The van der Waals surface area contributed by atoms with Gasteiger partial charge in [0.15, 0.2) is 0 Å². The van der Waals surface area contributed by atoms with Crippen molar-refractivity contribution in [2.24, 2.45) is 0 Å². The van der Waals surface area contributed by atoms with Crippen molar-refractivity contribution in [2.75, 3.05) is 12.8 Å². The number of hydroxylamine groups is 1. The lowest BCUT2D eigenvalue weighted by molar-refractivity contribution is -0.129. The van der Waals surface area contributed by atoms with Crippen molar-refractivity contribution in [3.05, 3.63) is 65.5 Å². The third-order valence-electron chi connectivity index (χ3n) is 4.32. The minimum Gasteiger partial charge on any atom is -0.352 e. The van der Waals surface area contributed by atoms with E-state index in [1.807, 2.05) is 30.5 Å². The fourth-order valence-corrected chi connectivity index (χ4v) is 3.12. The minimum absolute atomic E-state index is 0.237. The summed E-state index contributed by atoms with van der Waals surface area (Å²) >= 11 is 1.64. The Hall–Kier alpha value is -2.64. The Bertz CT molecular complexity index is 836. The van der Waals surface area contributed by atoms with Crippen LogP contribution >= 0.6 is 11.8 Å². The van der Waals surface area contributed by atoms with E-state index in [1.54, 1.807) is 35.5 Å². The molecule has 0 aliphatic heterocycles. The van der Waals surface area contributed by atoms with E-state index in [9.17, 15) is 14.0 Å². The van der Waals surface area contributed by atoms with Crippen LogP contribution < -0.4 is 10.8 Å². The van der Waals surface area contributed by atoms with Gasteiger partial charge in [0.05, 0.1) is 0 Å². The van der Waals surface area contributed by atoms with Gasteiger partial charge in [0.2, 0.25) is 5.91 Å². The zero-order chi connectivity index (χ0) is 21.1. The summed E-state index contributed by atoms with van der Waals surface area (Å²) in [6, 6.07) is 13.7. The molecule has 0 radical (unpaired) electrons. The number of rotatable bonds is 10. The standard InChI is InChI=1S/C22H25FN2O3S/c1-29-19-12-6-16(7-13-19)15-20(17-8-10-18(23)11-9-17)22(27)24-14-4-2-3-5-21(26)25-28/h6-13,15,28H,2-5,14H2,1H3,(H,24,27)(H,25,26)/b20-15-. The van der Waals surface area contributed by atoms with Gasteiger partial charge in [-0.1, -0.05) is 30.7 Å². The van der Waals surface area contributed by atoms with E-state index in [2.05, 4.69) is 5.32 Å². The first-order valence-electron chi connectivity index (χ1n) is 9.36. The van der Waals surface area contributed by atoms with Crippen molar-refractivity contribution in [3.8, 4) is 0 Å². The van der Waals surface area contributed by atoms with E-state index >= 15 is 0 Å². The average Bonchev–Trinajstić information content (AvgIpc) is 2.75. The summed E-state index contributed by atoms with van der Waals surface area (Å²) in [5, 5.41) is 11.3. The molecule has 0 heterocycles. The van der Waals surface area contributed by atoms with Crippen molar-refractivity contribution >= 4 is 35.2 Å². The predicted molar refractivity (Wildman–Crippen MR) is 114 cm³/mol. The van der Waals surface area contributed by atoms with Crippen LogP contribution in [0.3, 0.4) is 0 Å². The molecule has 3 N–H and O–H groups in total. The number of hydrogen-bond acceptors (Lipinski definition) is 4. The molecule has 5 nitrogen and oxygen atoms in total. The number of unbranched alkanes of at least 4 members (excludes halogenated alkanes) is 2. The number of carbonyl (C=O) groups is 2. The third kappa shape index (κ3) is 7.71. The van der Waals surface area contributed by atoms with Gasteiger partial charge in [0.1, 0.15) is 5.82 Å². The van der Waals surface area contributed by atoms with Crippen molar-refractivity contribution < 1.29 is 19.2 Å². The maximum Gasteiger partial charge on any atom is 0.251 e. The highest BCUT2D eigenvalue weighted by molar-refractivity contribution is 7.98. The fraction of sp³-hybridized carbons (Fsp3) is 0.273. The molecule has 29 heavy (non-hydrogen) atoms. The summed E-state index contributed by atoms with van der Waals surface area (Å²) < 4.78 is 13.3. The zero-order valence-corrected chi connectivity index (χ0v) is 17.1. The SMILES string of the molecule is CSc1ccc(/C=C(\C(=O)NCCCCCC(=O)NO)c2ccc(F)cc2)cc1. The van der Waals surface area contributed by atoms with Gasteiger partial charge < -0.3 is 5.32 Å². The molecule has 2 aromatic carbocycles.